The number of carbonyl (C=O) groups is 4. The number of rotatable bonds is 13. The first kappa shape index (κ1) is 26.1. The summed E-state index contributed by atoms with van der Waals surface area (Å²) in [7, 11) is 0. The molecule has 0 aromatic carbocycles. The molecule has 0 saturated heterocycles. The van der Waals surface area contributed by atoms with Crippen molar-refractivity contribution in [2.75, 3.05) is 13.1 Å². The van der Waals surface area contributed by atoms with E-state index in [0.717, 1.165) is 0 Å². The van der Waals surface area contributed by atoms with Crippen LogP contribution in [0.2, 0.25) is 0 Å². The maximum atomic E-state index is 12.4. The van der Waals surface area contributed by atoms with Crippen LogP contribution in [0, 0.1) is 5.92 Å². The molecular weight excluding hydrogens is 382 g/mol. The Balaban J connectivity index is 4.67. The molecule has 12 heteroatoms. The summed E-state index contributed by atoms with van der Waals surface area (Å²) in [6.07, 6.45) is 1.16. The van der Waals surface area contributed by atoms with Crippen molar-refractivity contribution < 1.29 is 24.3 Å². The molecular formula is C17H33N7O5. The number of nitrogens with two attached hydrogens (primary N) is 3. The van der Waals surface area contributed by atoms with Crippen LogP contribution >= 0.6 is 0 Å². The molecule has 0 aliphatic rings. The molecule has 3 unspecified atom stereocenters. The first-order chi connectivity index (χ1) is 13.4. The fourth-order valence-electron chi connectivity index (χ4n) is 2.28. The van der Waals surface area contributed by atoms with Gasteiger partial charge in [-0.15, -0.1) is 0 Å². The van der Waals surface area contributed by atoms with E-state index in [1.807, 2.05) is 13.8 Å². The minimum absolute atomic E-state index is 0.0431. The molecule has 29 heavy (non-hydrogen) atoms. The Hall–Kier alpha value is -2.89. The topological polar surface area (TPSA) is 215 Å². The van der Waals surface area contributed by atoms with Crippen molar-refractivity contribution in [1.82, 2.24) is 16.0 Å². The smallest absolute Gasteiger partial charge is 0.325 e. The second kappa shape index (κ2) is 13.3. The molecule has 0 saturated carbocycles. The molecule has 0 rings (SSSR count). The van der Waals surface area contributed by atoms with E-state index in [4.69, 9.17) is 22.3 Å². The molecule has 0 aliphatic heterocycles. The van der Waals surface area contributed by atoms with Crippen molar-refractivity contribution in [2.45, 2.75) is 58.2 Å². The van der Waals surface area contributed by atoms with Gasteiger partial charge in [0.2, 0.25) is 17.7 Å². The molecule has 3 atom stereocenters. The number of carbonyl (C=O) groups excluding carboxylic acids is 3. The third-order valence-electron chi connectivity index (χ3n) is 3.82. The summed E-state index contributed by atoms with van der Waals surface area (Å²) in [5, 5.41) is 16.0. The van der Waals surface area contributed by atoms with Crippen LogP contribution in [0.5, 0.6) is 0 Å². The lowest BCUT2D eigenvalue weighted by Crippen LogP contribution is -2.53. The number of hydrogen-bond donors (Lipinski definition) is 7. The van der Waals surface area contributed by atoms with Crippen molar-refractivity contribution in [3.63, 3.8) is 0 Å². The van der Waals surface area contributed by atoms with Crippen LogP contribution in [0.25, 0.3) is 0 Å². The minimum atomic E-state index is -1.19. The average molecular weight is 415 g/mol. The first-order valence-electron chi connectivity index (χ1n) is 9.35. The lowest BCUT2D eigenvalue weighted by molar-refractivity contribution is -0.141. The van der Waals surface area contributed by atoms with E-state index in [9.17, 15) is 19.2 Å². The van der Waals surface area contributed by atoms with Crippen LogP contribution in [0.3, 0.4) is 0 Å². The van der Waals surface area contributed by atoms with Crippen LogP contribution in [0.1, 0.15) is 40.0 Å². The van der Waals surface area contributed by atoms with Crippen molar-refractivity contribution in [2.24, 2.45) is 28.1 Å². The third-order valence-corrected chi connectivity index (χ3v) is 3.82. The van der Waals surface area contributed by atoms with E-state index >= 15 is 0 Å². The predicted molar refractivity (Wildman–Crippen MR) is 108 cm³/mol. The summed E-state index contributed by atoms with van der Waals surface area (Å²) in [5.74, 6) is -2.86. The van der Waals surface area contributed by atoms with Crippen LogP contribution in [0.15, 0.2) is 4.99 Å². The third kappa shape index (κ3) is 12.2. The van der Waals surface area contributed by atoms with Gasteiger partial charge in [0.25, 0.3) is 0 Å². The molecule has 0 radical (unpaired) electrons. The van der Waals surface area contributed by atoms with Gasteiger partial charge in [-0.1, -0.05) is 13.8 Å². The quantitative estimate of drug-likeness (QED) is 0.0975. The molecule has 166 valence electrons. The summed E-state index contributed by atoms with van der Waals surface area (Å²) in [6, 6.07) is -2.80. The zero-order valence-corrected chi connectivity index (χ0v) is 17.1. The van der Waals surface area contributed by atoms with Crippen LogP contribution in [-0.2, 0) is 19.2 Å². The monoisotopic (exact) mass is 415 g/mol. The molecule has 0 bridgehead atoms. The molecule has 0 heterocycles. The molecule has 0 aliphatic carbocycles. The fraction of sp³-hybridized carbons (Fsp3) is 0.706. The van der Waals surface area contributed by atoms with Gasteiger partial charge < -0.3 is 38.3 Å². The maximum Gasteiger partial charge on any atom is 0.325 e. The van der Waals surface area contributed by atoms with Gasteiger partial charge in [0, 0.05) is 6.54 Å². The molecule has 12 nitrogen and oxygen atoms in total. The Bertz CT molecular complexity index is 605. The highest BCUT2D eigenvalue weighted by Gasteiger charge is 2.25. The van der Waals surface area contributed by atoms with E-state index in [1.54, 1.807) is 0 Å². The molecule has 3 amide bonds. The Morgan fingerprint density at radius 3 is 2.17 bits per heavy atom. The summed E-state index contributed by atoms with van der Waals surface area (Å²) < 4.78 is 0. The summed E-state index contributed by atoms with van der Waals surface area (Å²) in [6.45, 7) is 4.98. The van der Waals surface area contributed by atoms with Gasteiger partial charge in [0.05, 0.1) is 12.6 Å². The van der Waals surface area contributed by atoms with Gasteiger partial charge in [-0.05, 0) is 32.1 Å². The summed E-state index contributed by atoms with van der Waals surface area (Å²) >= 11 is 0. The van der Waals surface area contributed by atoms with Crippen LogP contribution in [-0.4, -0.2) is 66.0 Å². The second-order valence-electron chi connectivity index (χ2n) is 7.09. The summed E-state index contributed by atoms with van der Waals surface area (Å²) in [5.41, 5.74) is 16.3. The lowest BCUT2D eigenvalue weighted by atomic mass is 10.0. The molecule has 10 N–H and O–H groups in total. The highest BCUT2D eigenvalue weighted by Crippen LogP contribution is 2.06. The first-order valence-corrected chi connectivity index (χ1v) is 9.35. The summed E-state index contributed by atoms with van der Waals surface area (Å²) in [4.78, 5) is 50.9. The maximum absolute atomic E-state index is 12.4. The van der Waals surface area contributed by atoms with Gasteiger partial charge >= 0.3 is 5.97 Å². The van der Waals surface area contributed by atoms with Crippen molar-refractivity contribution in [1.29, 1.82) is 0 Å². The largest absolute Gasteiger partial charge is 0.480 e. The number of aliphatic imine (C=N–C) groups is 1. The Morgan fingerprint density at radius 1 is 1.03 bits per heavy atom. The lowest BCUT2D eigenvalue weighted by Gasteiger charge is -2.22. The van der Waals surface area contributed by atoms with E-state index in [2.05, 4.69) is 20.9 Å². The van der Waals surface area contributed by atoms with Gasteiger partial charge in [-0.25, -0.2) is 0 Å². The number of guanidine groups is 1. The normalized spacial score (nSPS) is 13.7. The second-order valence-corrected chi connectivity index (χ2v) is 7.09. The standard InChI is InChI=1S/C17H33N7O5/c1-9(2)7-12(15(27)22-8-13(25)23-10(3)16(28)29)24-14(26)11(18)5-4-6-21-17(19)20/h9-12H,4-8,18H2,1-3H3,(H,22,27)(H,23,25)(H,24,26)(H,28,29)(H4,19,20,21). The van der Waals surface area contributed by atoms with E-state index < -0.39 is 48.4 Å². The van der Waals surface area contributed by atoms with Gasteiger partial charge in [0.15, 0.2) is 5.96 Å². The van der Waals surface area contributed by atoms with Gasteiger partial charge in [-0.3, -0.25) is 24.2 Å². The van der Waals surface area contributed by atoms with Crippen LogP contribution < -0.4 is 33.2 Å². The Morgan fingerprint density at radius 2 is 1.66 bits per heavy atom. The number of nitrogens with one attached hydrogen (secondary N) is 3. The van der Waals surface area contributed by atoms with E-state index in [-0.39, 0.29) is 11.9 Å². The highest BCUT2D eigenvalue weighted by atomic mass is 16.4. The number of carboxylic acids is 1. The van der Waals surface area contributed by atoms with E-state index in [0.29, 0.717) is 25.8 Å². The zero-order chi connectivity index (χ0) is 22.6. The van der Waals surface area contributed by atoms with Crippen LogP contribution in [0.4, 0.5) is 0 Å². The number of hydrogen-bond acceptors (Lipinski definition) is 6. The fourth-order valence-corrected chi connectivity index (χ4v) is 2.28. The minimum Gasteiger partial charge on any atom is -0.480 e. The Labute approximate surface area is 170 Å². The molecule has 0 spiro atoms. The number of aliphatic carboxylic acids is 1. The van der Waals surface area contributed by atoms with Gasteiger partial charge in [-0.2, -0.15) is 0 Å². The van der Waals surface area contributed by atoms with Crippen molar-refractivity contribution >= 4 is 29.7 Å². The SMILES string of the molecule is CC(C)CC(NC(=O)C(N)CCCN=C(N)N)C(=O)NCC(=O)NC(C)C(=O)O. The van der Waals surface area contributed by atoms with Crippen molar-refractivity contribution in [3.8, 4) is 0 Å². The van der Waals surface area contributed by atoms with Crippen molar-refractivity contribution in [3.05, 3.63) is 0 Å². The molecule has 0 aromatic heterocycles. The zero-order valence-electron chi connectivity index (χ0n) is 17.1. The van der Waals surface area contributed by atoms with Gasteiger partial charge in [0.1, 0.15) is 12.1 Å². The molecule has 0 aromatic rings. The number of amides is 3. The highest BCUT2D eigenvalue weighted by molar-refractivity contribution is 5.92. The average Bonchev–Trinajstić information content (AvgIpc) is 2.61. The number of carboxylic acid groups (broad SMARTS) is 1. The molecule has 0 fully saturated rings. The Kier molecular flexibility index (Phi) is 12.0. The predicted octanol–water partition coefficient (Wildman–Crippen LogP) is -2.40. The number of nitrogens with zero attached hydrogens (tertiary/aromatic N) is 1. The van der Waals surface area contributed by atoms with E-state index in [1.165, 1.54) is 6.92 Å².